The summed E-state index contributed by atoms with van der Waals surface area (Å²) in [5.41, 5.74) is 0. The molecule has 1 aromatic rings. The Morgan fingerprint density at radius 3 is 2.56 bits per heavy atom. The van der Waals surface area contributed by atoms with Gasteiger partial charge in [-0.3, -0.25) is 0 Å². The molecule has 1 saturated carbocycles. The van der Waals surface area contributed by atoms with Crippen molar-refractivity contribution in [2.45, 2.75) is 31.7 Å². The molecule has 0 saturated heterocycles. The monoisotopic (exact) mass is 241 g/mol. The van der Waals surface area contributed by atoms with Crippen molar-refractivity contribution in [1.29, 1.82) is 0 Å². The molecule has 1 N–H and O–H groups in total. The van der Waals surface area contributed by atoms with Crippen molar-refractivity contribution >= 4 is 17.5 Å². The number of halogens is 1. The highest BCUT2D eigenvalue weighted by molar-refractivity contribution is 6.30. The Balaban J connectivity index is 2.07. The molecule has 1 aromatic heterocycles. The van der Waals surface area contributed by atoms with Crippen LogP contribution in [0.5, 0.6) is 0 Å². The van der Waals surface area contributed by atoms with Crippen LogP contribution in [0.15, 0.2) is 12.4 Å². The van der Waals surface area contributed by atoms with Crippen molar-refractivity contribution in [1.82, 2.24) is 9.97 Å². The molecular weight excluding hydrogens is 226 g/mol. The number of hydrogen-bond donors (Lipinski definition) is 1. The fourth-order valence-corrected chi connectivity index (χ4v) is 1.94. The Morgan fingerprint density at radius 2 is 2.06 bits per heavy atom. The molecule has 0 unspecified atom stereocenters. The van der Waals surface area contributed by atoms with Crippen molar-refractivity contribution in [3.63, 3.8) is 0 Å². The molecule has 1 aliphatic carbocycles. The average Bonchev–Trinajstić information content (AvgIpc) is 2.23. The van der Waals surface area contributed by atoms with E-state index in [1.54, 1.807) is 12.4 Å². The third-order valence-electron chi connectivity index (χ3n) is 2.94. The molecule has 2 rings (SSSR count). The number of aromatic nitrogens is 2. The molecule has 88 valence electrons. The number of hydrogen-bond acceptors (Lipinski definition) is 4. The van der Waals surface area contributed by atoms with Crippen LogP contribution in [0.2, 0.25) is 5.02 Å². The van der Waals surface area contributed by atoms with E-state index < -0.39 is 0 Å². The van der Waals surface area contributed by atoms with E-state index in [9.17, 15) is 0 Å². The van der Waals surface area contributed by atoms with E-state index >= 15 is 0 Å². The minimum atomic E-state index is 0.205. The summed E-state index contributed by atoms with van der Waals surface area (Å²) in [6.45, 7) is 1.01. The van der Waals surface area contributed by atoms with Gasteiger partial charge in [0.05, 0.1) is 17.4 Å². The van der Waals surface area contributed by atoms with Gasteiger partial charge in [0.1, 0.15) is 0 Å². The highest BCUT2D eigenvalue weighted by Gasteiger charge is 2.26. The van der Waals surface area contributed by atoms with Gasteiger partial charge in [0.25, 0.3) is 0 Å². The molecule has 16 heavy (non-hydrogen) atoms. The van der Waals surface area contributed by atoms with Crippen molar-refractivity contribution in [3.05, 3.63) is 17.4 Å². The third-order valence-corrected chi connectivity index (χ3v) is 3.13. The van der Waals surface area contributed by atoms with Gasteiger partial charge in [-0.1, -0.05) is 11.6 Å². The predicted octanol–water partition coefficient (Wildman–Crippen LogP) is 1.87. The molecule has 0 atom stereocenters. The van der Waals surface area contributed by atoms with Crippen molar-refractivity contribution in [2.24, 2.45) is 0 Å². The Hall–Kier alpha value is -0.870. The Kier molecular flexibility index (Phi) is 3.96. The molecule has 1 heterocycles. The van der Waals surface area contributed by atoms with Crippen LogP contribution in [0, 0.1) is 0 Å². The first-order chi connectivity index (χ1) is 7.81. The van der Waals surface area contributed by atoms with Gasteiger partial charge in [-0.05, 0) is 25.7 Å². The summed E-state index contributed by atoms with van der Waals surface area (Å²) in [6.07, 6.45) is 7.65. The molecule has 0 aromatic carbocycles. The summed E-state index contributed by atoms with van der Waals surface area (Å²) in [5, 5.41) is 9.45. The summed E-state index contributed by atoms with van der Waals surface area (Å²) in [4.78, 5) is 10.6. The zero-order valence-electron chi connectivity index (χ0n) is 9.14. The number of aliphatic hydroxyl groups excluding tert-OH is 1. The maximum atomic E-state index is 8.89. The summed E-state index contributed by atoms with van der Waals surface area (Å²) >= 11 is 5.76. The van der Waals surface area contributed by atoms with Crippen molar-refractivity contribution < 1.29 is 5.11 Å². The molecule has 0 radical (unpaired) electrons. The number of nitrogens with zero attached hydrogens (tertiary/aromatic N) is 3. The van der Waals surface area contributed by atoms with E-state index in [2.05, 4.69) is 14.9 Å². The minimum Gasteiger partial charge on any atom is -0.396 e. The quantitative estimate of drug-likeness (QED) is 0.855. The molecule has 1 aliphatic rings. The van der Waals surface area contributed by atoms with E-state index in [0.717, 1.165) is 18.9 Å². The predicted molar refractivity (Wildman–Crippen MR) is 63.7 cm³/mol. The SMILES string of the molecule is OCCCN(c1ncc(Cl)cn1)C1CCC1. The zero-order valence-corrected chi connectivity index (χ0v) is 9.90. The van der Waals surface area contributed by atoms with Crippen LogP contribution in [0.4, 0.5) is 5.95 Å². The molecule has 0 amide bonds. The van der Waals surface area contributed by atoms with Gasteiger partial charge < -0.3 is 10.0 Å². The molecule has 4 nitrogen and oxygen atoms in total. The first-order valence-electron chi connectivity index (χ1n) is 5.66. The lowest BCUT2D eigenvalue weighted by atomic mass is 9.91. The minimum absolute atomic E-state index is 0.205. The lowest BCUT2D eigenvalue weighted by molar-refractivity contribution is 0.282. The summed E-state index contributed by atoms with van der Waals surface area (Å²) in [5.74, 6) is 0.725. The molecular formula is C11H16ClN3O. The smallest absolute Gasteiger partial charge is 0.225 e. The lowest BCUT2D eigenvalue weighted by Crippen LogP contribution is -2.42. The Morgan fingerprint density at radius 1 is 1.38 bits per heavy atom. The van der Waals surface area contributed by atoms with Crippen LogP contribution in [0.1, 0.15) is 25.7 Å². The highest BCUT2D eigenvalue weighted by Crippen LogP contribution is 2.27. The van der Waals surface area contributed by atoms with E-state index in [-0.39, 0.29) is 6.61 Å². The summed E-state index contributed by atoms with van der Waals surface area (Å²) < 4.78 is 0. The molecule has 0 bridgehead atoms. The fraction of sp³-hybridized carbons (Fsp3) is 0.636. The number of anilines is 1. The first-order valence-corrected chi connectivity index (χ1v) is 6.04. The standard InChI is InChI=1S/C11H16ClN3O/c12-9-7-13-11(14-8-9)15(5-2-6-16)10-3-1-4-10/h7-8,10,16H,1-6H2. The zero-order chi connectivity index (χ0) is 11.4. The van der Waals surface area contributed by atoms with E-state index in [4.69, 9.17) is 16.7 Å². The van der Waals surface area contributed by atoms with Gasteiger partial charge in [-0.25, -0.2) is 9.97 Å². The van der Waals surface area contributed by atoms with Gasteiger partial charge in [0.2, 0.25) is 5.95 Å². The number of aliphatic hydroxyl groups is 1. The van der Waals surface area contributed by atoms with Crippen LogP contribution in [0.25, 0.3) is 0 Å². The first kappa shape index (κ1) is 11.6. The van der Waals surface area contributed by atoms with Crippen LogP contribution in [-0.2, 0) is 0 Å². The van der Waals surface area contributed by atoms with E-state index in [0.29, 0.717) is 11.1 Å². The molecule has 0 aliphatic heterocycles. The topological polar surface area (TPSA) is 49.2 Å². The number of rotatable bonds is 5. The van der Waals surface area contributed by atoms with E-state index in [1.165, 1.54) is 19.3 Å². The molecule has 1 fully saturated rings. The largest absolute Gasteiger partial charge is 0.396 e. The van der Waals surface area contributed by atoms with Crippen LogP contribution in [0.3, 0.4) is 0 Å². The Bertz CT molecular complexity index is 327. The molecule has 5 heteroatoms. The third kappa shape index (κ3) is 2.62. The van der Waals surface area contributed by atoms with Crippen LogP contribution >= 0.6 is 11.6 Å². The normalized spacial score (nSPS) is 15.9. The summed E-state index contributed by atoms with van der Waals surface area (Å²) in [6, 6.07) is 0.535. The fourth-order valence-electron chi connectivity index (χ4n) is 1.84. The average molecular weight is 242 g/mol. The second kappa shape index (κ2) is 5.46. The van der Waals surface area contributed by atoms with Crippen molar-refractivity contribution in [3.8, 4) is 0 Å². The second-order valence-electron chi connectivity index (χ2n) is 4.06. The summed E-state index contributed by atoms with van der Waals surface area (Å²) in [7, 11) is 0. The van der Waals surface area contributed by atoms with Gasteiger partial charge in [0.15, 0.2) is 0 Å². The maximum Gasteiger partial charge on any atom is 0.225 e. The maximum absolute atomic E-state index is 8.89. The van der Waals surface area contributed by atoms with Gasteiger partial charge in [0, 0.05) is 19.2 Å². The van der Waals surface area contributed by atoms with Gasteiger partial charge in [-0.15, -0.1) is 0 Å². The van der Waals surface area contributed by atoms with Crippen LogP contribution < -0.4 is 4.90 Å². The van der Waals surface area contributed by atoms with Crippen LogP contribution in [-0.4, -0.2) is 34.3 Å². The highest BCUT2D eigenvalue weighted by atomic mass is 35.5. The van der Waals surface area contributed by atoms with Gasteiger partial charge in [-0.2, -0.15) is 0 Å². The van der Waals surface area contributed by atoms with Crippen molar-refractivity contribution in [2.75, 3.05) is 18.1 Å². The van der Waals surface area contributed by atoms with E-state index in [1.807, 2.05) is 0 Å². The van der Waals surface area contributed by atoms with Gasteiger partial charge >= 0.3 is 0 Å². The Labute approximate surface area is 100 Å². The lowest BCUT2D eigenvalue weighted by Gasteiger charge is -2.37. The second-order valence-corrected chi connectivity index (χ2v) is 4.49. The molecule has 0 spiro atoms.